The number of carbonyl (C=O) groups excluding carboxylic acids is 1. The van der Waals surface area contributed by atoms with Crippen molar-refractivity contribution in [3.8, 4) is 11.3 Å². The van der Waals surface area contributed by atoms with Gasteiger partial charge in [0.05, 0.1) is 36.7 Å². The van der Waals surface area contributed by atoms with Crippen LogP contribution in [-0.4, -0.2) is 69.6 Å². The lowest BCUT2D eigenvalue weighted by atomic mass is 9.89. The molecule has 3 atom stereocenters. The number of methoxy groups -OCH3 is 1. The number of carbonyl (C=O) groups is 1. The van der Waals surface area contributed by atoms with E-state index in [-0.39, 0.29) is 24.1 Å². The van der Waals surface area contributed by atoms with E-state index >= 15 is 0 Å². The monoisotopic (exact) mass is 461 g/mol. The summed E-state index contributed by atoms with van der Waals surface area (Å²) in [6, 6.07) is 6.19. The first-order valence-electron chi connectivity index (χ1n) is 11.6. The molecule has 0 aromatic carbocycles. The number of aromatic nitrogens is 5. The number of hydrogen-bond donors (Lipinski definition) is 2. The largest absolute Gasteiger partial charge is 0.379 e. The van der Waals surface area contributed by atoms with Gasteiger partial charge >= 0.3 is 0 Å². The Labute approximate surface area is 196 Å². The number of amides is 1. The average Bonchev–Trinajstić information content (AvgIpc) is 3.59. The molecule has 176 valence electrons. The molecule has 0 bridgehead atoms. The number of fused-ring (bicyclic) bond motifs is 2. The zero-order chi connectivity index (χ0) is 23.2. The Bertz CT molecular complexity index is 1370. The molecule has 2 fully saturated rings. The van der Waals surface area contributed by atoms with Crippen LogP contribution in [0.15, 0.2) is 36.8 Å². The van der Waals surface area contributed by atoms with Crippen molar-refractivity contribution >= 4 is 28.4 Å². The van der Waals surface area contributed by atoms with Crippen LogP contribution in [-0.2, 0) is 9.47 Å². The van der Waals surface area contributed by atoms with Crippen molar-refractivity contribution < 1.29 is 14.3 Å². The molecule has 0 unspecified atom stereocenters. The summed E-state index contributed by atoms with van der Waals surface area (Å²) in [6.45, 7) is 1.42. The van der Waals surface area contributed by atoms with Crippen LogP contribution in [0.3, 0.4) is 0 Å². The maximum absolute atomic E-state index is 13.1. The standard InChI is InChI=1S/C24H27N7O3/c1-25-21-10-19(17-12-30(14-7-9-34-13-14)22-15(17)4-3-8-26-22)28-23-16(11-27-31(21)23)24(32)29-18-5-6-20(18)33-2/h3-4,8,10-12,14,18,20,25H,5-7,9,13H2,1-2H3,(H,29,32)/t14-,18+,20+/m0/s1. The Hall–Kier alpha value is -3.50. The van der Waals surface area contributed by atoms with Gasteiger partial charge in [-0.15, -0.1) is 0 Å². The van der Waals surface area contributed by atoms with Crippen LogP contribution in [0.2, 0.25) is 0 Å². The predicted octanol–water partition coefficient (Wildman–Crippen LogP) is 2.66. The molecular weight excluding hydrogens is 434 g/mol. The molecule has 10 nitrogen and oxygen atoms in total. The van der Waals surface area contributed by atoms with Gasteiger partial charge in [0.25, 0.3) is 5.91 Å². The summed E-state index contributed by atoms with van der Waals surface area (Å²) in [4.78, 5) is 22.7. The number of anilines is 1. The fraction of sp³-hybridized carbons (Fsp3) is 0.417. The summed E-state index contributed by atoms with van der Waals surface area (Å²) >= 11 is 0. The highest BCUT2D eigenvalue weighted by atomic mass is 16.5. The van der Waals surface area contributed by atoms with Crippen molar-refractivity contribution in [2.45, 2.75) is 37.5 Å². The minimum absolute atomic E-state index is 0.0112. The lowest BCUT2D eigenvalue weighted by Crippen LogP contribution is -2.51. The fourth-order valence-corrected chi connectivity index (χ4v) is 4.91. The molecule has 1 aliphatic heterocycles. The van der Waals surface area contributed by atoms with E-state index in [1.54, 1.807) is 24.0 Å². The average molecular weight is 462 g/mol. The molecule has 1 aliphatic carbocycles. The van der Waals surface area contributed by atoms with Crippen LogP contribution in [0, 0.1) is 0 Å². The number of nitrogens with zero attached hydrogens (tertiary/aromatic N) is 5. The quantitative estimate of drug-likeness (QED) is 0.455. The molecule has 0 spiro atoms. The van der Waals surface area contributed by atoms with Crippen LogP contribution < -0.4 is 10.6 Å². The molecule has 34 heavy (non-hydrogen) atoms. The number of hydrogen-bond acceptors (Lipinski definition) is 7. The third-order valence-corrected chi connectivity index (χ3v) is 6.97. The lowest BCUT2D eigenvalue weighted by molar-refractivity contribution is 0.00732. The zero-order valence-corrected chi connectivity index (χ0v) is 19.2. The second-order valence-corrected chi connectivity index (χ2v) is 8.84. The van der Waals surface area contributed by atoms with Gasteiger partial charge in [-0.3, -0.25) is 4.79 Å². The van der Waals surface area contributed by atoms with E-state index in [2.05, 4.69) is 37.5 Å². The normalized spacial score (nSPS) is 22.2. The van der Waals surface area contributed by atoms with Crippen LogP contribution in [0.5, 0.6) is 0 Å². The molecule has 1 amide bonds. The summed E-state index contributed by atoms with van der Waals surface area (Å²) in [5.74, 6) is 0.548. The predicted molar refractivity (Wildman–Crippen MR) is 127 cm³/mol. The van der Waals surface area contributed by atoms with Crippen LogP contribution in [0.25, 0.3) is 27.9 Å². The van der Waals surface area contributed by atoms with E-state index in [1.807, 2.05) is 19.2 Å². The third kappa shape index (κ3) is 3.33. The first kappa shape index (κ1) is 21.1. The second kappa shape index (κ2) is 8.37. The van der Waals surface area contributed by atoms with Crippen molar-refractivity contribution in [2.75, 3.05) is 32.7 Å². The summed E-state index contributed by atoms with van der Waals surface area (Å²) in [6.07, 6.45) is 8.34. The molecule has 2 aliphatic rings. The number of rotatable bonds is 6. The Morgan fingerprint density at radius 1 is 1.26 bits per heavy atom. The van der Waals surface area contributed by atoms with Crippen molar-refractivity contribution in [1.82, 2.24) is 29.5 Å². The van der Waals surface area contributed by atoms with Gasteiger partial charge in [-0.2, -0.15) is 9.61 Å². The maximum Gasteiger partial charge on any atom is 0.257 e. The fourth-order valence-electron chi connectivity index (χ4n) is 4.91. The molecule has 5 heterocycles. The second-order valence-electron chi connectivity index (χ2n) is 8.84. The van der Waals surface area contributed by atoms with Gasteiger partial charge in [-0.05, 0) is 31.4 Å². The van der Waals surface area contributed by atoms with E-state index in [0.29, 0.717) is 17.8 Å². The molecular formula is C24H27N7O3. The Morgan fingerprint density at radius 2 is 2.18 bits per heavy atom. The first-order valence-corrected chi connectivity index (χ1v) is 11.6. The smallest absolute Gasteiger partial charge is 0.257 e. The maximum atomic E-state index is 13.1. The van der Waals surface area contributed by atoms with E-state index in [4.69, 9.17) is 14.5 Å². The summed E-state index contributed by atoms with van der Waals surface area (Å²) in [5, 5.41) is 11.7. The molecule has 1 saturated heterocycles. The zero-order valence-electron chi connectivity index (χ0n) is 19.2. The van der Waals surface area contributed by atoms with E-state index < -0.39 is 0 Å². The molecule has 2 N–H and O–H groups in total. The molecule has 1 saturated carbocycles. The Balaban J connectivity index is 1.45. The Kier molecular flexibility index (Phi) is 5.19. The molecule has 4 aromatic rings. The summed E-state index contributed by atoms with van der Waals surface area (Å²) in [5.41, 5.74) is 3.55. The van der Waals surface area contributed by atoms with E-state index in [1.165, 1.54) is 0 Å². The van der Waals surface area contributed by atoms with Gasteiger partial charge in [0.2, 0.25) is 0 Å². The minimum atomic E-state index is -0.194. The Morgan fingerprint density at radius 3 is 2.91 bits per heavy atom. The van der Waals surface area contributed by atoms with Gasteiger partial charge in [0.15, 0.2) is 5.65 Å². The number of pyridine rings is 1. The van der Waals surface area contributed by atoms with Gasteiger partial charge in [-0.25, -0.2) is 9.97 Å². The van der Waals surface area contributed by atoms with Crippen molar-refractivity contribution in [3.05, 3.63) is 42.4 Å². The number of nitrogens with one attached hydrogen (secondary N) is 2. The summed E-state index contributed by atoms with van der Waals surface area (Å²) < 4.78 is 14.9. The SMILES string of the molecule is CNc1cc(-c2cn([C@H]3CCOC3)c3ncccc23)nc2c(C(=O)N[C@@H]3CC[C@H]3OC)cnn12. The molecule has 10 heteroatoms. The van der Waals surface area contributed by atoms with Crippen molar-refractivity contribution in [3.63, 3.8) is 0 Å². The highest BCUT2D eigenvalue weighted by Crippen LogP contribution is 2.34. The summed E-state index contributed by atoms with van der Waals surface area (Å²) in [7, 11) is 3.51. The van der Waals surface area contributed by atoms with Gasteiger partial charge in [0, 0.05) is 50.2 Å². The van der Waals surface area contributed by atoms with Crippen molar-refractivity contribution in [2.24, 2.45) is 0 Å². The number of ether oxygens (including phenoxy) is 2. The molecule has 6 rings (SSSR count). The molecule has 4 aromatic heterocycles. The highest BCUT2D eigenvalue weighted by Gasteiger charge is 2.33. The van der Waals surface area contributed by atoms with Crippen LogP contribution in [0.4, 0.5) is 5.82 Å². The minimum Gasteiger partial charge on any atom is -0.379 e. The molecule has 0 radical (unpaired) electrons. The van der Waals surface area contributed by atoms with Gasteiger partial charge < -0.3 is 24.7 Å². The van der Waals surface area contributed by atoms with E-state index in [0.717, 1.165) is 54.0 Å². The van der Waals surface area contributed by atoms with E-state index in [9.17, 15) is 4.79 Å². The van der Waals surface area contributed by atoms with Crippen LogP contribution in [0.1, 0.15) is 35.7 Å². The topological polar surface area (TPSA) is 108 Å². The third-order valence-electron chi connectivity index (χ3n) is 6.97. The highest BCUT2D eigenvalue weighted by molar-refractivity contribution is 6.01. The lowest BCUT2D eigenvalue weighted by Gasteiger charge is -2.35. The van der Waals surface area contributed by atoms with Gasteiger partial charge in [-0.1, -0.05) is 0 Å². The van der Waals surface area contributed by atoms with Crippen molar-refractivity contribution in [1.29, 1.82) is 0 Å². The van der Waals surface area contributed by atoms with Crippen LogP contribution >= 0.6 is 0 Å². The van der Waals surface area contributed by atoms with Gasteiger partial charge in [0.1, 0.15) is 17.0 Å². The first-order chi connectivity index (χ1) is 16.7.